The molecule has 4 nitrogen and oxygen atoms in total. The highest BCUT2D eigenvalue weighted by Crippen LogP contribution is 2.64. The van der Waals surface area contributed by atoms with Gasteiger partial charge in [-0.15, -0.1) is 23.2 Å². The van der Waals surface area contributed by atoms with Crippen LogP contribution in [0.25, 0.3) is 0 Å². The third kappa shape index (κ3) is 3.96. The van der Waals surface area contributed by atoms with Gasteiger partial charge in [0.2, 0.25) is 5.78 Å². The number of rotatable bonds is 7. The van der Waals surface area contributed by atoms with Crippen molar-refractivity contribution in [2.45, 2.75) is 44.5 Å². The number of alkyl halides is 2. The largest absolute Gasteiger partial charge is 0.457 e. The van der Waals surface area contributed by atoms with Crippen molar-refractivity contribution in [2.24, 2.45) is 5.41 Å². The number of halogens is 3. The summed E-state index contributed by atoms with van der Waals surface area (Å²) in [5.74, 6) is -1.09. The minimum absolute atomic E-state index is 0.264. The van der Waals surface area contributed by atoms with Gasteiger partial charge in [-0.05, 0) is 51.0 Å². The molecule has 7 heteroatoms. The second kappa shape index (κ2) is 7.53. The van der Waals surface area contributed by atoms with Crippen molar-refractivity contribution < 1.29 is 18.7 Å². The van der Waals surface area contributed by atoms with E-state index in [0.29, 0.717) is 24.9 Å². The topological polar surface area (TPSA) is 48.3 Å². The second-order valence-corrected chi connectivity index (χ2v) is 9.01. The predicted molar refractivity (Wildman–Crippen MR) is 106 cm³/mol. The quantitative estimate of drug-likeness (QED) is 0.363. The molecule has 0 radical (unpaired) electrons. The van der Waals surface area contributed by atoms with E-state index in [-0.39, 0.29) is 18.2 Å². The first kappa shape index (κ1) is 20.9. The van der Waals surface area contributed by atoms with Gasteiger partial charge in [-0.25, -0.2) is 4.39 Å². The molecule has 0 unspecified atom stereocenters. The number of benzene rings is 1. The number of carbonyl (C=O) groups is 2. The third-order valence-corrected chi connectivity index (χ3v) is 6.56. The van der Waals surface area contributed by atoms with Crippen LogP contribution in [0.4, 0.5) is 4.39 Å². The van der Waals surface area contributed by atoms with Gasteiger partial charge < -0.3 is 9.30 Å². The van der Waals surface area contributed by atoms with E-state index in [2.05, 4.69) is 0 Å². The van der Waals surface area contributed by atoms with Crippen LogP contribution in [0.3, 0.4) is 0 Å². The summed E-state index contributed by atoms with van der Waals surface area (Å²) < 4.78 is 19.1. The number of ether oxygens (including phenoxy) is 1. The van der Waals surface area contributed by atoms with Crippen molar-refractivity contribution in [3.8, 4) is 0 Å². The van der Waals surface area contributed by atoms with Crippen molar-refractivity contribution >= 4 is 35.0 Å². The maximum absolute atomic E-state index is 13.0. The van der Waals surface area contributed by atoms with E-state index in [1.165, 1.54) is 12.1 Å². The third-order valence-electron chi connectivity index (χ3n) is 5.45. The number of hydrogen-bond acceptors (Lipinski definition) is 3. The van der Waals surface area contributed by atoms with Gasteiger partial charge in [0.25, 0.3) is 0 Å². The van der Waals surface area contributed by atoms with E-state index in [9.17, 15) is 14.0 Å². The highest BCUT2D eigenvalue weighted by molar-refractivity contribution is 6.53. The summed E-state index contributed by atoms with van der Waals surface area (Å²) in [6.45, 7) is 5.72. The zero-order valence-corrected chi connectivity index (χ0v) is 17.5. The molecule has 1 atom stereocenters. The van der Waals surface area contributed by atoms with E-state index < -0.39 is 15.7 Å². The molecule has 0 aliphatic heterocycles. The van der Waals surface area contributed by atoms with Crippen LogP contribution in [-0.4, -0.2) is 27.3 Å². The van der Waals surface area contributed by atoms with Gasteiger partial charge in [0, 0.05) is 29.9 Å². The van der Waals surface area contributed by atoms with E-state index in [4.69, 9.17) is 27.9 Å². The van der Waals surface area contributed by atoms with Gasteiger partial charge in [0.15, 0.2) is 6.61 Å². The lowest BCUT2D eigenvalue weighted by atomic mass is 10.1. The molecule has 1 heterocycles. The van der Waals surface area contributed by atoms with Gasteiger partial charge in [-0.2, -0.15) is 0 Å². The summed E-state index contributed by atoms with van der Waals surface area (Å²) in [4.78, 5) is 24.7. The average molecular weight is 426 g/mol. The molecule has 1 aromatic carbocycles. The predicted octanol–water partition coefficient (Wildman–Crippen LogP) is 4.80. The molecule has 2 aromatic rings. The smallest absolute Gasteiger partial charge is 0.315 e. The molecule has 28 heavy (non-hydrogen) atoms. The Morgan fingerprint density at radius 1 is 1.21 bits per heavy atom. The number of nitrogens with zero attached hydrogens (tertiary/aromatic N) is 1. The van der Waals surface area contributed by atoms with E-state index in [1.807, 2.05) is 18.4 Å². The van der Waals surface area contributed by atoms with Crippen molar-refractivity contribution in [1.29, 1.82) is 0 Å². The number of aromatic nitrogens is 1. The monoisotopic (exact) mass is 425 g/mol. The minimum Gasteiger partial charge on any atom is -0.457 e. The first-order valence-electron chi connectivity index (χ1n) is 9.04. The lowest BCUT2D eigenvalue weighted by Crippen LogP contribution is -2.24. The lowest BCUT2D eigenvalue weighted by Gasteiger charge is -2.12. The summed E-state index contributed by atoms with van der Waals surface area (Å²) in [6, 6.07) is 8.17. The minimum atomic E-state index is -1.12. The first-order chi connectivity index (χ1) is 13.0. The fraction of sp³-hybridized carbons (Fsp3) is 0.429. The Bertz CT molecular complexity index is 920. The van der Waals surface area contributed by atoms with Gasteiger partial charge in [0.1, 0.15) is 15.6 Å². The van der Waals surface area contributed by atoms with E-state index in [0.717, 1.165) is 17.0 Å². The molecule has 1 aliphatic carbocycles. The van der Waals surface area contributed by atoms with Crippen molar-refractivity contribution in [3.63, 3.8) is 0 Å². The number of hydrogen-bond donors (Lipinski definition) is 0. The summed E-state index contributed by atoms with van der Waals surface area (Å²) in [5.41, 5.74) is 2.32. The molecule has 0 bridgehead atoms. The Kier molecular flexibility index (Phi) is 5.61. The Hall–Kier alpha value is -1.85. The number of aryl methyl sites for hydroxylation is 2. The zero-order chi connectivity index (χ0) is 20.7. The fourth-order valence-electron chi connectivity index (χ4n) is 3.31. The average Bonchev–Trinajstić information content (AvgIpc) is 3.03. The molecule has 150 valence electrons. The molecule has 1 saturated carbocycles. The van der Waals surface area contributed by atoms with Crippen LogP contribution in [0.2, 0.25) is 0 Å². The molecule has 1 aliphatic rings. The molecular formula is C21H22Cl2FNO3. The lowest BCUT2D eigenvalue weighted by molar-refractivity contribution is -0.148. The highest BCUT2D eigenvalue weighted by atomic mass is 35.5. The Balaban J connectivity index is 1.63. The van der Waals surface area contributed by atoms with E-state index >= 15 is 0 Å². The molecule has 0 amide bonds. The van der Waals surface area contributed by atoms with Crippen molar-refractivity contribution in [1.82, 2.24) is 4.57 Å². The van der Waals surface area contributed by atoms with Crippen LogP contribution < -0.4 is 0 Å². The molecule has 0 N–H and O–H groups in total. The van der Waals surface area contributed by atoms with Crippen LogP contribution >= 0.6 is 23.2 Å². The zero-order valence-electron chi connectivity index (χ0n) is 16.0. The Morgan fingerprint density at radius 3 is 2.39 bits per heavy atom. The van der Waals surface area contributed by atoms with Gasteiger partial charge in [0.05, 0.1) is 0 Å². The van der Waals surface area contributed by atoms with Crippen LogP contribution in [-0.2, 0) is 22.5 Å². The van der Waals surface area contributed by atoms with Crippen LogP contribution in [0.1, 0.15) is 40.7 Å². The van der Waals surface area contributed by atoms with Crippen molar-refractivity contribution in [3.05, 3.63) is 58.7 Å². The molecule has 3 rings (SSSR count). The molecule has 1 aromatic heterocycles. The molecule has 0 saturated heterocycles. The normalized spacial score (nSPS) is 20.1. The summed E-state index contributed by atoms with van der Waals surface area (Å²) >= 11 is 11.9. The second-order valence-electron chi connectivity index (χ2n) is 7.53. The number of carbonyl (C=O) groups excluding carboxylic acids is 2. The fourth-order valence-corrected chi connectivity index (χ4v) is 4.00. The summed E-state index contributed by atoms with van der Waals surface area (Å²) in [6.07, 6.45) is 1.03. The van der Waals surface area contributed by atoms with Crippen molar-refractivity contribution in [2.75, 3.05) is 6.61 Å². The standard InChI is InChI=1S/C21H22Cl2FNO3/c1-13-10-17(18(26)11-28-19(27)20(3)12-21(20,22)23)14(2)25(13)9-8-15-4-6-16(24)7-5-15/h4-7,10H,8-9,11-12H2,1-3H3/t20-/m0/s1. The number of esters is 1. The van der Waals surface area contributed by atoms with E-state index in [1.54, 1.807) is 25.1 Å². The van der Waals surface area contributed by atoms with Crippen LogP contribution in [0, 0.1) is 25.1 Å². The molecule has 0 spiro atoms. The molecule has 1 fully saturated rings. The maximum atomic E-state index is 13.0. The maximum Gasteiger partial charge on any atom is 0.315 e. The highest BCUT2D eigenvalue weighted by Gasteiger charge is 2.69. The summed E-state index contributed by atoms with van der Waals surface area (Å²) in [5, 5.41) is 0. The Morgan fingerprint density at radius 2 is 1.82 bits per heavy atom. The summed E-state index contributed by atoms with van der Waals surface area (Å²) in [7, 11) is 0. The van der Waals surface area contributed by atoms with Gasteiger partial charge in [-0.1, -0.05) is 12.1 Å². The molecular weight excluding hydrogens is 404 g/mol. The number of ketones is 1. The number of Topliss-reactive ketones (excluding diaryl/α,β-unsaturated/α-hetero) is 1. The first-order valence-corrected chi connectivity index (χ1v) is 9.80. The Labute approximate surface area is 173 Å². The van der Waals surface area contributed by atoms with Crippen LogP contribution in [0.5, 0.6) is 0 Å². The SMILES string of the molecule is Cc1cc(C(=O)COC(=O)[C@]2(C)CC2(Cl)Cl)c(C)n1CCc1ccc(F)cc1. The van der Waals surface area contributed by atoms with Crippen LogP contribution in [0.15, 0.2) is 30.3 Å². The van der Waals surface area contributed by atoms with Gasteiger partial charge in [-0.3, -0.25) is 9.59 Å². The van der Waals surface area contributed by atoms with Gasteiger partial charge >= 0.3 is 5.97 Å².